The molecule has 0 aliphatic rings. The molecule has 1 unspecified atom stereocenters. The molecule has 8 nitrogen and oxygen atoms in total. The minimum absolute atomic E-state index is 0.109. The summed E-state index contributed by atoms with van der Waals surface area (Å²) in [5.74, 6) is -0.673. The van der Waals surface area contributed by atoms with Crippen LogP contribution in [0.2, 0.25) is 0 Å². The Morgan fingerprint density at radius 3 is 2.63 bits per heavy atom. The Hall–Kier alpha value is -1.84. The highest BCUT2D eigenvalue weighted by Gasteiger charge is 2.19. The predicted octanol–water partition coefficient (Wildman–Crippen LogP) is -1.60. The number of carbonyl (C=O) groups is 1. The fourth-order valence-corrected chi connectivity index (χ4v) is 2.33. The number of benzene rings is 1. The SMILES string of the molecule is COc1ccc(S(=O)(=O)NCC(O)C(N)=O)cc1N. The molecule has 6 N–H and O–H groups in total. The van der Waals surface area contributed by atoms with Crippen molar-refractivity contribution in [2.75, 3.05) is 19.4 Å². The molecule has 0 aromatic heterocycles. The van der Waals surface area contributed by atoms with E-state index in [1.54, 1.807) is 0 Å². The van der Waals surface area contributed by atoms with Gasteiger partial charge in [0.25, 0.3) is 0 Å². The highest BCUT2D eigenvalue weighted by atomic mass is 32.2. The highest BCUT2D eigenvalue weighted by molar-refractivity contribution is 7.89. The molecule has 0 aliphatic heterocycles. The molecule has 0 saturated heterocycles. The molecule has 9 heteroatoms. The zero-order valence-corrected chi connectivity index (χ0v) is 11.0. The molecule has 0 heterocycles. The van der Waals surface area contributed by atoms with E-state index in [0.29, 0.717) is 5.75 Å². The van der Waals surface area contributed by atoms with E-state index in [4.69, 9.17) is 21.3 Å². The van der Waals surface area contributed by atoms with Crippen LogP contribution in [0.3, 0.4) is 0 Å². The summed E-state index contributed by atoms with van der Waals surface area (Å²) in [7, 11) is -2.49. The third-order valence-corrected chi connectivity index (χ3v) is 3.73. The van der Waals surface area contributed by atoms with Gasteiger partial charge in [0, 0.05) is 6.54 Å². The zero-order valence-electron chi connectivity index (χ0n) is 10.2. The smallest absolute Gasteiger partial charge is 0.247 e. The van der Waals surface area contributed by atoms with E-state index in [2.05, 4.69) is 0 Å². The molecule has 1 rings (SSSR count). The second kappa shape index (κ2) is 5.87. The number of primary amides is 1. The van der Waals surface area contributed by atoms with E-state index >= 15 is 0 Å². The number of sulfonamides is 1. The maximum atomic E-state index is 11.8. The Labute approximate surface area is 110 Å². The van der Waals surface area contributed by atoms with E-state index in [9.17, 15) is 13.2 Å². The maximum Gasteiger partial charge on any atom is 0.247 e. The first-order valence-corrected chi connectivity index (χ1v) is 6.67. The topological polar surface area (TPSA) is 145 Å². The van der Waals surface area contributed by atoms with Gasteiger partial charge in [0.2, 0.25) is 15.9 Å². The van der Waals surface area contributed by atoms with Gasteiger partial charge in [-0.1, -0.05) is 0 Å². The van der Waals surface area contributed by atoms with Gasteiger partial charge in [0.15, 0.2) is 0 Å². The van der Waals surface area contributed by atoms with E-state index in [1.165, 1.54) is 25.3 Å². The molecule has 0 spiro atoms. The van der Waals surface area contributed by atoms with Crippen molar-refractivity contribution >= 4 is 21.6 Å². The van der Waals surface area contributed by atoms with Crippen molar-refractivity contribution in [3.63, 3.8) is 0 Å². The lowest BCUT2D eigenvalue weighted by Crippen LogP contribution is -2.39. The number of methoxy groups -OCH3 is 1. The van der Waals surface area contributed by atoms with Crippen LogP contribution in [0, 0.1) is 0 Å². The van der Waals surface area contributed by atoms with Gasteiger partial charge in [-0.05, 0) is 18.2 Å². The van der Waals surface area contributed by atoms with E-state index < -0.39 is 28.6 Å². The number of hydrogen-bond donors (Lipinski definition) is 4. The highest BCUT2D eigenvalue weighted by Crippen LogP contribution is 2.24. The van der Waals surface area contributed by atoms with Crippen LogP contribution in [0.5, 0.6) is 5.75 Å². The summed E-state index contributed by atoms with van der Waals surface area (Å²) in [6, 6.07) is 3.89. The van der Waals surface area contributed by atoms with Crippen LogP contribution in [0.4, 0.5) is 5.69 Å². The van der Waals surface area contributed by atoms with Crippen LogP contribution in [-0.4, -0.2) is 39.2 Å². The zero-order chi connectivity index (χ0) is 14.6. The van der Waals surface area contributed by atoms with Crippen molar-refractivity contribution in [3.05, 3.63) is 18.2 Å². The fraction of sp³-hybridized carbons (Fsp3) is 0.300. The molecule has 0 saturated carbocycles. The van der Waals surface area contributed by atoms with Gasteiger partial charge in [-0.25, -0.2) is 13.1 Å². The number of nitrogens with one attached hydrogen (secondary N) is 1. The first-order chi connectivity index (χ1) is 8.77. The Bertz CT molecular complexity index is 573. The van der Waals surface area contributed by atoms with Crippen molar-refractivity contribution in [2.45, 2.75) is 11.0 Å². The summed E-state index contributed by atoms with van der Waals surface area (Å²) < 4.78 is 30.6. The Morgan fingerprint density at radius 2 is 2.16 bits per heavy atom. The predicted molar refractivity (Wildman–Crippen MR) is 67.8 cm³/mol. The number of hydrogen-bond acceptors (Lipinski definition) is 6. The number of anilines is 1. The molecule has 1 aromatic rings. The van der Waals surface area contributed by atoms with Crippen molar-refractivity contribution in [3.8, 4) is 5.75 Å². The lowest BCUT2D eigenvalue weighted by Gasteiger charge is -2.11. The van der Waals surface area contributed by atoms with Crippen LogP contribution < -0.4 is 20.9 Å². The number of nitrogen functional groups attached to an aromatic ring is 1. The normalized spacial score (nSPS) is 12.9. The van der Waals surface area contributed by atoms with Crippen molar-refractivity contribution < 1.29 is 23.1 Å². The molecular formula is C10H15N3O5S. The monoisotopic (exact) mass is 289 g/mol. The molecule has 0 fully saturated rings. The van der Waals surface area contributed by atoms with Crippen LogP contribution in [0.1, 0.15) is 0 Å². The van der Waals surface area contributed by atoms with Crippen LogP contribution in [0.25, 0.3) is 0 Å². The van der Waals surface area contributed by atoms with Crippen molar-refractivity contribution in [1.29, 1.82) is 0 Å². The Morgan fingerprint density at radius 1 is 1.53 bits per heavy atom. The molecule has 0 radical (unpaired) electrons. The fourth-order valence-electron chi connectivity index (χ4n) is 1.25. The van der Waals surface area contributed by atoms with Gasteiger partial charge in [-0.15, -0.1) is 0 Å². The first-order valence-electron chi connectivity index (χ1n) is 5.18. The quantitative estimate of drug-likeness (QED) is 0.464. The second-order valence-electron chi connectivity index (χ2n) is 3.67. The van der Waals surface area contributed by atoms with E-state index in [-0.39, 0.29) is 10.6 Å². The number of aliphatic hydroxyl groups is 1. The molecule has 19 heavy (non-hydrogen) atoms. The minimum atomic E-state index is -3.89. The maximum absolute atomic E-state index is 11.8. The molecular weight excluding hydrogens is 274 g/mol. The van der Waals surface area contributed by atoms with E-state index in [1.807, 2.05) is 4.72 Å². The van der Waals surface area contributed by atoms with Crippen LogP contribution in [-0.2, 0) is 14.8 Å². The average Bonchev–Trinajstić information content (AvgIpc) is 2.35. The molecule has 1 amide bonds. The van der Waals surface area contributed by atoms with Gasteiger partial charge in [0.05, 0.1) is 17.7 Å². The number of amides is 1. The third kappa shape index (κ3) is 3.81. The minimum Gasteiger partial charge on any atom is -0.495 e. The Balaban J connectivity index is 2.89. The summed E-state index contributed by atoms with van der Waals surface area (Å²) in [4.78, 5) is 10.5. The van der Waals surface area contributed by atoms with Gasteiger partial charge >= 0.3 is 0 Å². The van der Waals surface area contributed by atoms with Crippen molar-refractivity contribution in [2.24, 2.45) is 5.73 Å². The summed E-state index contributed by atoms with van der Waals surface area (Å²) >= 11 is 0. The number of aliphatic hydroxyl groups excluding tert-OH is 1. The number of rotatable bonds is 6. The number of nitrogens with two attached hydrogens (primary N) is 2. The number of ether oxygens (including phenoxy) is 1. The van der Waals surface area contributed by atoms with Gasteiger partial charge in [-0.2, -0.15) is 0 Å². The number of carbonyl (C=O) groups excluding carboxylic acids is 1. The second-order valence-corrected chi connectivity index (χ2v) is 5.44. The van der Waals surface area contributed by atoms with Crippen LogP contribution >= 0.6 is 0 Å². The lowest BCUT2D eigenvalue weighted by atomic mass is 10.3. The molecule has 1 atom stereocenters. The summed E-state index contributed by atoms with van der Waals surface area (Å²) in [6.07, 6.45) is -1.59. The molecule has 106 valence electrons. The van der Waals surface area contributed by atoms with Gasteiger partial charge in [0.1, 0.15) is 11.9 Å². The van der Waals surface area contributed by atoms with Gasteiger partial charge < -0.3 is 21.3 Å². The van der Waals surface area contributed by atoms with Crippen molar-refractivity contribution in [1.82, 2.24) is 4.72 Å². The van der Waals surface area contributed by atoms with Gasteiger partial charge in [-0.3, -0.25) is 4.79 Å². The van der Waals surface area contributed by atoms with Crippen LogP contribution in [0.15, 0.2) is 23.1 Å². The average molecular weight is 289 g/mol. The summed E-state index contributed by atoms with van der Waals surface area (Å²) in [5, 5.41) is 9.13. The third-order valence-electron chi connectivity index (χ3n) is 2.31. The molecule has 1 aromatic carbocycles. The molecule has 0 aliphatic carbocycles. The largest absolute Gasteiger partial charge is 0.495 e. The summed E-state index contributed by atoms with van der Waals surface area (Å²) in [6.45, 7) is -0.510. The lowest BCUT2D eigenvalue weighted by molar-refractivity contribution is -0.125. The standard InChI is InChI=1S/C10H15N3O5S/c1-18-9-3-2-6(4-7(9)11)19(16,17)13-5-8(14)10(12)15/h2-4,8,13-14H,5,11H2,1H3,(H2,12,15). The Kier molecular flexibility index (Phi) is 4.70. The molecule has 0 bridgehead atoms. The van der Waals surface area contributed by atoms with E-state index in [0.717, 1.165) is 0 Å². The summed E-state index contributed by atoms with van der Waals surface area (Å²) in [5.41, 5.74) is 10.6. The first kappa shape index (κ1) is 15.2.